The zero-order chi connectivity index (χ0) is 17.4. The van der Waals surface area contributed by atoms with Gasteiger partial charge in [-0.1, -0.05) is 23.4 Å². The molecule has 0 aliphatic carbocycles. The van der Waals surface area contributed by atoms with E-state index in [1.807, 2.05) is 42.9 Å². The van der Waals surface area contributed by atoms with Crippen LogP contribution in [0.15, 0.2) is 28.8 Å². The Morgan fingerprint density at radius 2 is 2.12 bits per heavy atom. The van der Waals surface area contributed by atoms with Gasteiger partial charge in [0.2, 0.25) is 0 Å². The van der Waals surface area contributed by atoms with E-state index in [1.165, 1.54) is 5.69 Å². The van der Waals surface area contributed by atoms with Gasteiger partial charge in [0.15, 0.2) is 5.82 Å². The predicted octanol–water partition coefficient (Wildman–Crippen LogP) is 1.83. The van der Waals surface area contributed by atoms with Gasteiger partial charge in [-0.15, -0.1) is 0 Å². The average Bonchev–Trinajstić information content (AvgIpc) is 3.20. The van der Waals surface area contributed by atoms with Crippen LogP contribution in [0, 0.1) is 6.92 Å². The molecule has 1 N–H and O–H groups in total. The maximum atomic E-state index is 9.50. The highest BCUT2D eigenvalue weighted by Crippen LogP contribution is 2.24. The quantitative estimate of drug-likeness (QED) is 0.781. The Morgan fingerprint density at radius 1 is 1.28 bits per heavy atom. The maximum Gasteiger partial charge on any atom is 0.258 e. The molecule has 7 heteroatoms. The van der Waals surface area contributed by atoms with E-state index in [1.54, 1.807) is 0 Å². The number of aryl methyl sites for hydroxylation is 2. The normalized spacial score (nSPS) is 14.7. The van der Waals surface area contributed by atoms with Crippen molar-refractivity contribution in [2.75, 3.05) is 6.54 Å². The highest BCUT2D eigenvalue weighted by atomic mass is 16.5. The van der Waals surface area contributed by atoms with E-state index in [0.29, 0.717) is 18.3 Å². The lowest BCUT2D eigenvalue weighted by atomic mass is 10.1. The molecular weight excluding hydrogens is 318 g/mol. The second-order valence-electron chi connectivity index (χ2n) is 6.44. The third kappa shape index (κ3) is 2.96. The molecular formula is C18H21N5O2. The molecule has 1 aliphatic heterocycles. The molecule has 0 bridgehead atoms. The molecule has 0 fully saturated rings. The van der Waals surface area contributed by atoms with Crippen molar-refractivity contribution in [1.82, 2.24) is 24.8 Å². The predicted molar refractivity (Wildman–Crippen MR) is 91.4 cm³/mol. The third-order valence-corrected chi connectivity index (χ3v) is 4.76. The van der Waals surface area contributed by atoms with E-state index in [-0.39, 0.29) is 6.61 Å². The van der Waals surface area contributed by atoms with Gasteiger partial charge in [0, 0.05) is 43.4 Å². The first kappa shape index (κ1) is 16.0. The van der Waals surface area contributed by atoms with Gasteiger partial charge in [-0.2, -0.15) is 10.1 Å². The summed E-state index contributed by atoms with van der Waals surface area (Å²) in [6.07, 6.45) is 0.904. The Bertz CT molecular complexity index is 899. The summed E-state index contributed by atoms with van der Waals surface area (Å²) >= 11 is 0. The molecule has 1 aliphatic rings. The first-order valence-corrected chi connectivity index (χ1v) is 8.41. The minimum atomic E-state index is -0.0311. The molecule has 0 saturated carbocycles. The van der Waals surface area contributed by atoms with Gasteiger partial charge in [0.05, 0.1) is 18.8 Å². The SMILES string of the molecule is Cc1ccccc1-c1nc(CN2CCc3c(c(CO)nn3C)C2)no1. The summed E-state index contributed by atoms with van der Waals surface area (Å²) in [6.45, 7) is 4.27. The largest absolute Gasteiger partial charge is 0.390 e. The van der Waals surface area contributed by atoms with Crippen LogP contribution in [0.1, 0.15) is 28.3 Å². The number of nitrogens with zero attached hydrogens (tertiary/aromatic N) is 5. The number of aliphatic hydroxyl groups excluding tert-OH is 1. The van der Waals surface area contributed by atoms with Crippen LogP contribution < -0.4 is 0 Å². The van der Waals surface area contributed by atoms with E-state index in [0.717, 1.165) is 41.9 Å². The van der Waals surface area contributed by atoms with Crippen LogP contribution in [0.2, 0.25) is 0 Å². The van der Waals surface area contributed by atoms with E-state index in [9.17, 15) is 5.11 Å². The Hall–Kier alpha value is -2.51. The molecule has 0 atom stereocenters. The van der Waals surface area contributed by atoms with Crippen molar-refractivity contribution in [2.24, 2.45) is 7.05 Å². The Morgan fingerprint density at radius 3 is 2.92 bits per heavy atom. The number of aliphatic hydroxyl groups is 1. The number of fused-ring (bicyclic) bond motifs is 1. The molecule has 7 nitrogen and oxygen atoms in total. The molecule has 0 unspecified atom stereocenters. The van der Waals surface area contributed by atoms with E-state index in [4.69, 9.17) is 4.52 Å². The summed E-state index contributed by atoms with van der Waals surface area (Å²) < 4.78 is 7.33. The lowest BCUT2D eigenvalue weighted by molar-refractivity contribution is 0.228. The molecule has 0 spiro atoms. The lowest BCUT2D eigenvalue weighted by Crippen LogP contribution is -2.31. The van der Waals surface area contributed by atoms with Gasteiger partial charge in [0.1, 0.15) is 0 Å². The summed E-state index contributed by atoms with van der Waals surface area (Å²) in [5.41, 5.74) is 5.17. The monoisotopic (exact) mass is 339 g/mol. The van der Waals surface area contributed by atoms with Gasteiger partial charge in [-0.05, 0) is 18.6 Å². The number of hydrogen-bond acceptors (Lipinski definition) is 6. The number of rotatable bonds is 4. The highest BCUT2D eigenvalue weighted by Gasteiger charge is 2.24. The smallest absolute Gasteiger partial charge is 0.258 e. The Balaban J connectivity index is 1.51. The van der Waals surface area contributed by atoms with Crippen LogP contribution in [-0.2, 0) is 33.2 Å². The summed E-state index contributed by atoms with van der Waals surface area (Å²) in [5, 5.41) is 18.0. The highest BCUT2D eigenvalue weighted by molar-refractivity contribution is 5.57. The second kappa shape index (κ2) is 6.42. The van der Waals surface area contributed by atoms with Crippen molar-refractivity contribution in [3.05, 3.63) is 52.6 Å². The van der Waals surface area contributed by atoms with Crippen LogP contribution in [0.5, 0.6) is 0 Å². The molecule has 0 amide bonds. The molecule has 4 rings (SSSR count). The van der Waals surface area contributed by atoms with Gasteiger partial charge in [0.25, 0.3) is 5.89 Å². The van der Waals surface area contributed by atoms with Crippen LogP contribution in [0.3, 0.4) is 0 Å². The van der Waals surface area contributed by atoms with Crippen molar-refractivity contribution in [3.8, 4) is 11.5 Å². The molecule has 3 heterocycles. The van der Waals surface area contributed by atoms with Crippen molar-refractivity contribution < 1.29 is 9.63 Å². The summed E-state index contributed by atoms with van der Waals surface area (Å²) in [7, 11) is 1.93. The molecule has 0 radical (unpaired) electrons. The van der Waals surface area contributed by atoms with Crippen LogP contribution >= 0.6 is 0 Å². The molecule has 25 heavy (non-hydrogen) atoms. The molecule has 130 valence electrons. The minimum Gasteiger partial charge on any atom is -0.390 e. The lowest BCUT2D eigenvalue weighted by Gasteiger charge is -2.26. The zero-order valence-corrected chi connectivity index (χ0v) is 14.4. The van der Waals surface area contributed by atoms with Crippen molar-refractivity contribution >= 4 is 0 Å². The zero-order valence-electron chi connectivity index (χ0n) is 14.4. The second-order valence-corrected chi connectivity index (χ2v) is 6.44. The summed E-state index contributed by atoms with van der Waals surface area (Å²) in [5.74, 6) is 1.24. The van der Waals surface area contributed by atoms with Crippen LogP contribution in [-0.4, -0.2) is 36.5 Å². The molecule has 0 saturated heterocycles. The topological polar surface area (TPSA) is 80.2 Å². The van der Waals surface area contributed by atoms with Gasteiger partial charge in [-0.25, -0.2) is 0 Å². The fraction of sp³-hybridized carbons (Fsp3) is 0.389. The van der Waals surface area contributed by atoms with Crippen LogP contribution in [0.25, 0.3) is 11.5 Å². The van der Waals surface area contributed by atoms with E-state index in [2.05, 4.69) is 20.1 Å². The van der Waals surface area contributed by atoms with E-state index < -0.39 is 0 Å². The fourth-order valence-corrected chi connectivity index (χ4v) is 3.43. The molecule has 1 aromatic carbocycles. The van der Waals surface area contributed by atoms with Gasteiger partial charge in [-0.3, -0.25) is 9.58 Å². The Kier molecular flexibility index (Phi) is 4.10. The first-order valence-electron chi connectivity index (χ1n) is 8.41. The summed E-state index contributed by atoms with van der Waals surface area (Å²) in [4.78, 5) is 6.81. The van der Waals surface area contributed by atoms with Crippen molar-refractivity contribution in [1.29, 1.82) is 0 Å². The van der Waals surface area contributed by atoms with Gasteiger partial charge < -0.3 is 9.63 Å². The minimum absolute atomic E-state index is 0.0311. The van der Waals surface area contributed by atoms with Gasteiger partial charge >= 0.3 is 0 Å². The maximum absolute atomic E-state index is 9.50. The van der Waals surface area contributed by atoms with Crippen molar-refractivity contribution in [2.45, 2.75) is 33.0 Å². The van der Waals surface area contributed by atoms with Crippen LogP contribution in [0.4, 0.5) is 0 Å². The average molecular weight is 339 g/mol. The van der Waals surface area contributed by atoms with E-state index >= 15 is 0 Å². The number of aromatic nitrogens is 4. The standard InChI is InChI=1S/C18H21N5O2/c1-12-5-3-4-6-13(12)18-19-17(21-25-18)10-23-8-7-16-14(9-23)15(11-24)20-22(16)2/h3-6,24H,7-11H2,1-2H3. The Labute approximate surface area is 145 Å². The fourth-order valence-electron chi connectivity index (χ4n) is 3.43. The summed E-state index contributed by atoms with van der Waals surface area (Å²) in [6, 6.07) is 7.98. The molecule has 3 aromatic rings. The first-order chi connectivity index (χ1) is 12.2. The molecule has 2 aromatic heterocycles. The number of hydrogen-bond donors (Lipinski definition) is 1. The van der Waals surface area contributed by atoms with Crippen molar-refractivity contribution in [3.63, 3.8) is 0 Å². The third-order valence-electron chi connectivity index (χ3n) is 4.76. The number of benzene rings is 1.